The number of carboxylic acids is 1. The predicted molar refractivity (Wildman–Crippen MR) is 82.0 cm³/mol. The summed E-state index contributed by atoms with van der Waals surface area (Å²) in [4.78, 5) is 35.6. The summed E-state index contributed by atoms with van der Waals surface area (Å²) in [7, 11) is 1.76. The maximum absolute atomic E-state index is 12.5. The molecule has 0 bridgehead atoms. The van der Waals surface area contributed by atoms with Crippen molar-refractivity contribution in [3.05, 3.63) is 33.7 Å². The van der Waals surface area contributed by atoms with Gasteiger partial charge in [0.2, 0.25) is 0 Å². The fraction of sp³-hybridized carbons (Fsp3) is 0.562. The smallest absolute Gasteiger partial charge is 0.305 e. The third kappa shape index (κ3) is 3.55. The average Bonchev–Trinajstić information content (AvgIpc) is 2.42. The first kappa shape index (κ1) is 16.3. The van der Waals surface area contributed by atoms with Gasteiger partial charge in [0.05, 0.1) is 12.0 Å². The molecule has 1 fully saturated rings. The molecule has 22 heavy (non-hydrogen) atoms. The topological polar surface area (TPSA) is 88.4 Å². The van der Waals surface area contributed by atoms with Gasteiger partial charge in [-0.15, -0.1) is 0 Å². The van der Waals surface area contributed by atoms with Gasteiger partial charge in [0, 0.05) is 25.0 Å². The highest BCUT2D eigenvalue weighted by Gasteiger charge is 2.36. The number of carbonyl (C=O) groups is 2. The second-order valence-corrected chi connectivity index (χ2v) is 6.17. The van der Waals surface area contributed by atoms with Crippen LogP contribution in [0.15, 0.2) is 17.1 Å². The third-order valence-electron chi connectivity index (χ3n) is 4.41. The molecular weight excluding hydrogens is 284 g/mol. The molecule has 6 nitrogen and oxygen atoms in total. The van der Waals surface area contributed by atoms with Crippen LogP contribution in [0.1, 0.15) is 54.6 Å². The minimum atomic E-state index is -0.931. The normalized spacial score (nSPS) is 17.0. The van der Waals surface area contributed by atoms with Crippen LogP contribution in [-0.2, 0) is 11.8 Å². The Balaban J connectivity index is 2.26. The molecule has 0 aromatic carbocycles. The Morgan fingerprint density at radius 3 is 2.55 bits per heavy atom. The number of amides is 1. The Morgan fingerprint density at radius 1 is 1.32 bits per heavy atom. The van der Waals surface area contributed by atoms with Gasteiger partial charge < -0.3 is 15.0 Å². The second-order valence-electron chi connectivity index (χ2n) is 6.17. The number of aliphatic carboxylic acids is 1. The van der Waals surface area contributed by atoms with Crippen molar-refractivity contribution in [2.24, 2.45) is 7.05 Å². The monoisotopic (exact) mass is 306 g/mol. The molecule has 2 N–H and O–H groups in total. The Bertz CT molecular complexity index is 642. The van der Waals surface area contributed by atoms with Crippen LogP contribution in [0.4, 0.5) is 0 Å². The molecule has 0 radical (unpaired) electrons. The minimum Gasteiger partial charge on any atom is -0.481 e. The second kappa shape index (κ2) is 6.34. The van der Waals surface area contributed by atoms with Crippen molar-refractivity contribution in [3.8, 4) is 0 Å². The zero-order valence-corrected chi connectivity index (χ0v) is 13.0. The van der Waals surface area contributed by atoms with E-state index in [2.05, 4.69) is 5.32 Å². The first-order valence-electron chi connectivity index (χ1n) is 7.55. The van der Waals surface area contributed by atoms with E-state index in [0.29, 0.717) is 12.8 Å². The lowest BCUT2D eigenvalue weighted by molar-refractivity contribution is -0.139. The van der Waals surface area contributed by atoms with Gasteiger partial charge in [-0.2, -0.15) is 0 Å². The number of hydrogen-bond donors (Lipinski definition) is 2. The Kier molecular flexibility index (Phi) is 4.68. The molecule has 0 unspecified atom stereocenters. The molecule has 1 amide bonds. The zero-order valence-electron chi connectivity index (χ0n) is 13.0. The third-order valence-corrected chi connectivity index (χ3v) is 4.41. The van der Waals surface area contributed by atoms with Crippen LogP contribution in [0.25, 0.3) is 0 Å². The number of nitrogens with one attached hydrogen (secondary N) is 1. The molecule has 0 spiro atoms. The Morgan fingerprint density at radius 2 is 1.95 bits per heavy atom. The number of aromatic nitrogens is 1. The van der Waals surface area contributed by atoms with Crippen LogP contribution in [0.3, 0.4) is 0 Å². The number of rotatable bonds is 4. The van der Waals surface area contributed by atoms with Crippen molar-refractivity contribution >= 4 is 11.9 Å². The van der Waals surface area contributed by atoms with E-state index in [1.807, 2.05) is 0 Å². The number of nitrogens with zero attached hydrogens (tertiary/aromatic N) is 1. The summed E-state index contributed by atoms with van der Waals surface area (Å²) >= 11 is 0. The summed E-state index contributed by atoms with van der Waals surface area (Å²) in [5, 5.41) is 12.0. The number of carbonyl (C=O) groups excluding carboxylic acids is 1. The van der Waals surface area contributed by atoms with Crippen LogP contribution in [0, 0.1) is 6.92 Å². The van der Waals surface area contributed by atoms with Crippen molar-refractivity contribution in [2.75, 3.05) is 0 Å². The maximum atomic E-state index is 12.5. The van der Waals surface area contributed by atoms with Crippen LogP contribution in [-0.4, -0.2) is 27.1 Å². The molecule has 1 aliphatic rings. The lowest BCUT2D eigenvalue weighted by Gasteiger charge is -2.37. The maximum Gasteiger partial charge on any atom is 0.305 e. The van der Waals surface area contributed by atoms with E-state index in [0.717, 1.165) is 25.0 Å². The molecule has 1 aliphatic carbocycles. The molecule has 1 heterocycles. The number of carboxylic acid groups (broad SMARTS) is 1. The quantitative estimate of drug-likeness (QED) is 0.884. The summed E-state index contributed by atoms with van der Waals surface area (Å²) in [6.45, 7) is 1.79. The van der Waals surface area contributed by atoms with E-state index in [-0.39, 0.29) is 17.4 Å². The van der Waals surface area contributed by atoms with Crippen molar-refractivity contribution in [3.63, 3.8) is 0 Å². The van der Waals surface area contributed by atoms with E-state index in [1.54, 1.807) is 18.5 Å². The van der Waals surface area contributed by atoms with E-state index in [4.69, 9.17) is 5.11 Å². The van der Waals surface area contributed by atoms with Crippen LogP contribution >= 0.6 is 0 Å². The first-order valence-corrected chi connectivity index (χ1v) is 7.55. The van der Waals surface area contributed by atoms with Crippen molar-refractivity contribution in [1.82, 2.24) is 9.88 Å². The van der Waals surface area contributed by atoms with Gasteiger partial charge in [0.15, 0.2) is 5.43 Å². The van der Waals surface area contributed by atoms with Crippen LogP contribution in [0.5, 0.6) is 0 Å². The van der Waals surface area contributed by atoms with E-state index in [9.17, 15) is 14.4 Å². The van der Waals surface area contributed by atoms with Gasteiger partial charge in [0.25, 0.3) is 5.91 Å². The van der Waals surface area contributed by atoms with Crippen molar-refractivity contribution in [2.45, 2.75) is 51.0 Å². The summed E-state index contributed by atoms with van der Waals surface area (Å²) in [6.07, 6.45) is 5.49. The first-order chi connectivity index (χ1) is 10.3. The van der Waals surface area contributed by atoms with Gasteiger partial charge >= 0.3 is 5.97 Å². The average molecular weight is 306 g/mol. The van der Waals surface area contributed by atoms with Gasteiger partial charge in [0.1, 0.15) is 5.56 Å². The van der Waals surface area contributed by atoms with Gasteiger partial charge in [-0.25, -0.2) is 0 Å². The number of hydrogen-bond acceptors (Lipinski definition) is 3. The molecule has 1 aromatic rings. The summed E-state index contributed by atoms with van der Waals surface area (Å²) in [6, 6.07) is 1.42. The highest BCUT2D eigenvalue weighted by atomic mass is 16.4. The molecule has 1 saturated carbocycles. The predicted octanol–water partition coefficient (Wildman–Crippen LogP) is 1.60. The molecule has 0 saturated heterocycles. The molecule has 1 aromatic heterocycles. The lowest BCUT2D eigenvalue weighted by atomic mass is 9.79. The SMILES string of the molecule is Cc1cc(=O)c(C(=O)NC2(CC(=O)O)CCCCC2)cn1C. The summed E-state index contributed by atoms with van der Waals surface area (Å²) < 4.78 is 1.71. The van der Waals surface area contributed by atoms with E-state index >= 15 is 0 Å². The zero-order chi connectivity index (χ0) is 16.3. The van der Waals surface area contributed by atoms with Gasteiger partial charge in [-0.1, -0.05) is 19.3 Å². The lowest BCUT2D eigenvalue weighted by Crippen LogP contribution is -2.52. The summed E-state index contributed by atoms with van der Waals surface area (Å²) in [5.41, 5.74) is -0.255. The number of pyridine rings is 1. The van der Waals surface area contributed by atoms with E-state index in [1.165, 1.54) is 12.3 Å². The molecule has 6 heteroatoms. The van der Waals surface area contributed by atoms with Gasteiger partial charge in [-0.05, 0) is 19.8 Å². The molecular formula is C16H22N2O4. The highest BCUT2D eigenvalue weighted by molar-refractivity contribution is 5.94. The van der Waals surface area contributed by atoms with Crippen molar-refractivity contribution in [1.29, 1.82) is 0 Å². The fourth-order valence-electron chi connectivity index (χ4n) is 3.07. The van der Waals surface area contributed by atoms with Crippen LogP contribution < -0.4 is 10.7 Å². The van der Waals surface area contributed by atoms with E-state index < -0.39 is 17.4 Å². The van der Waals surface area contributed by atoms with Gasteiger partial charge in [-0.3, -0.25) is 14.4 Å². The molecule has 0 atom stereocenters. The highest BCUT2D eigenvalue weighted by Crippen LogP contribution is 2.31. The Labute approximate surface area is 129 Å². The fourth-order valence-corrected chi connectivity index (χ4v) is 3.07. The summed E-state index contributed by atoms with van der Waals surface area (Å²) in [5.74, 6) is -1.41. The van der Waals surface area contributed by atoms with Crippen molar-refractivity contribution < 1.29 is 14.7 Å². The standard InChI is InChI=1S/C16H22N2O4/c1-11-8-13(19)12(10-18(11)2)15(22)17-16(9-14(20)21)6-4-3-5-7-16/h8,10H,3-7,9H2,1-2H3,(H,17,22)(H,20,21). The number of aryl methyl sites for hydroxylation is 2. The largest absolute Gasteiger partial charge is 0.481 e. The minimum absolute atomic E-state index is 0.0587. The molecule has 2 rings (SSSR count). The van der Waals surface area contributed by atoms with Crippen LogP contribution in [0.2, 0.25) is 0 Å². The molecule has 0 aliphatic heterocycles. The Hall–Kier alpha value is -2.11. The molecule has 120 valence electrons.